The molecular weight excluding hydrogens is 653 g/mol. The molecule has 4 aromatic carbocycles. The summed E-state index contributed by atoms with van der Waals surface area (Å²) in [5.74, 6) is 0.360. The molecule has 1 saturated heterocycles. The fourth-order valence-electron chi connectivity index (χ4n) is 7.96. The Labute approximate surface area is 310 Å². The van der Waals surface area contributed by atoms with Crippen molar-refractivity contribution in [1.82, 2.24) is 4.90 Å². The van der Waals surface area contributed by atoms with Crippen LogP contribution in [0.1, 0.15) is 106 Å². The summed E-state index contributed by atoms with van der Waals surface area (Å²) >= 11 is 0. The molecule has 2 nitrogen and oxygen atoms in total. The van der Waals surface area contributed by atoms with Crippen LogP contribution in [0.2, 0.25) is 0 Å². The molecule has 1 aliphatic heterocycles. The second-order valence-corrected chi connectivity index (χ2v) is 13.2. The Balaban J connectivity index is 0.000000283. The molecule has 1 heterocycles. The minimum atomic E-state index is 0. The summed E-state index contributed by atoms with van der Waals surface area (Å²) in [6.45, 7) is 11.4. The van der Waals surface area contributed by atoms with Gasteiger partial charge in [0.25, 0.3) is 0 Å². The molecule has 47 heavy (non-hydrogen) atoms. The number of phenols is 1. The summed E-state index contributed by atoms with van der Waals surface area (Å²) in [7, 11) is 0. The van der Waals surface area contributed by atoms with Crippen LogP contribution >= 0.6 is 0 Å². The number of benzene rings is 4. The van der Waals surface area contributed by atoms with Gasteiger partial charge in [0, 0.05) is 17.0 Å². The Morgan fingerprint density at radius 1 is 0.745 bits per heavy atom. The third-order valence-electron chi connectivity index (χ3n) is 10.1. The first-order valence-corrected chi connectivity index (χ1v) is 16.9. The molecule has 0 saturated carbocycles. The molecule has 0 amide bonds. The molecular formula is C42H48Cl2NOTi. The molecule has 5 heteroatoms. The average molecular weight is 702 g/mol. The molecule has 4 aromatic rings. The van der Waals surface area contributed by atoms with Gasteiger partial charge in [0.15, 0.2) is 0 Å². The van der Waals surface area contributed by atoms with E-state index < -0.39 is 0 Å². The van der Waals surface area contributed by atoms with E-state index in [0.29, 0.717) is 11.8 Å². The van der Waals surface area contributed by atoms with Crippen LogP contribution in [-0.4, -0.2) is 23.1 Å². The molecule has 0 aromatic heterocycles. The zero-order chi connectivity index (χ0) is 30.7. The predicted molar refractivity (Wildman–Crippen MR) is 185 cm³/mol. The van der Waals surface area contributed by atoms with Gasteiger partial charge in [-0.1, -0.05) is 101 Å². The van der Waals surface area contributed by atoms with Crippen molar-refractivity contribution in [2.24, 2.45) is 0 Å². The summed E-state index contributed by atoms with van der Waals surface area (Å²) in [5.41, 5.74) is 13.2. The molecule has 1 atom stereocenters. The number of fused-ring (bicyclic) bond motifs is 4. The Kier molecular flexibility index (Phi) is 14.5. The van der Waals surface area contributed by atoms with Crippen molar-refractivity contribution in [3.63, 3.8) is 0 Å². The molecule has 7 rings (SSSR count). The van der Waals surface area contributed by atoms with Crippen molar-refractivity contribution in [1.29, 1.82) is 0 Å². The topological polar surface area (TPSA) is 23.5 Å². The number of hydrogen-bond acceptors (Lipinski definition) is 2. The van der Waals surface area contributed by atoms with E-state index in [0.717, 1.165) is 11.1 Å². The fourth-order valence-corrected chi connectivity index (χ4v) is 7.96. The Hall–Kier alpha value is -2.33. The maximum atomic E-state index is 10.5. The third-order valence-corrected chi connectivity index (χ3v) is 10.1. The maximum Gasteiger partial charge on any atom is 3.00 e. The Morgan fingerprint density at radius 2 is 1.38 bits per heavy atom. The molecule has 1 radical (unpaired) electrons. The van der Waals surface area contributed by atoms with Crippen LogP contribution in [0.4, 0.5) is 0 Å². The Bertz CT molecular complexity index is 1650. The number of halogens is 2. The van der Waals surface area contributed by atoms with Gasteiger partial charge in [0.05, 0.1) is 0 Å². The molecule has 1 unspecified atom stereocenters. The van der Waals surface area contributed by atoms with Gasteiger partial charge in [-0.05, 0) is 91.7 Å². The summed E-state index contributed by atoms with van der Waals surface area (Å²) in [5, 5.41) is 10.5. The first kappa shape index (κ1) is 39.1. The van der Waals surface area contributed by atoms with Crippen LogP contribution in [0, 0.1) is 13.0 Å². The molecule has 2 aliphatic carbocycles. The second-order valence-electron chi connectivity index (χ2n) is 13.2. The largest absolute Gasteiger partial charge is 3.00 e. The quantitative estimate of drug-likeness (QED) is 0.208. The van der Waals surface area contributed by atoms with Crippen LogP contribution in [0.5, 0.6) is 5.75 Å². The molecule has 0 spiro atoms. The van der Waals surface area contributed by atoms with E-state index in [1.165, 1.54) is 109 Å². The van der Waals surface area contributed by atoms with E-state index in [1.807, 2.05) is 12.1 Å². The van der Waals surface area contributed by atoms with Crippen molar-refractivity contribution in [2.45, 2.75) is 90.5 Å². The number of rotatable bonds is 8. The number of hydrogen-bond donors (Lipinski definition) is 1. The standard InChI is InChI=1S/C28H32O.C14H16N.2ClH.Ti/c1-4-6-16-28(17-7-5-2)25-11-9-8-10-22(25)23-14-13-21(19-26(23)28)24-18-20(3)12-15-27(24)29;1-11-10-12-6-2-3-7-13(12)14(11)15-8-4-5-9-15;;;/h8-15,18-19,29H,4-7,16-17H2,1-3H3;2-3,6-7,14H,4-5,8-9H2,1H3;2*1H;/q;-1;;;+3/p-2. The summed E-state index contributed by atoms with van der Waals surface area (Å²) < 4.78 is 0. The first-order valence-electron chi connectivity index (χ1n) is 16.9. The Morgan fingerprint density at radius 3 is 2.09 bits per heavy atom. The number of aromatic hydroxyl groups is 1. The molecule has 0 bridgehead atoms. The van der Waals surface area contributed by atoms with Gasteiger partial charge in [-0.2, -0.15) is 17.7 Å². The SMILES string of the molecule is CC1=[C-]c2ccccc2C1N1CCCC1.CCCCC1(CCCC)c2ccccc2-c2ccc(-c3cc(C)ccc3O)cc21.[Cl-].[Cl-].[Ti+3]. The van der Waals surface area contributed by atoms with Crippen LogP contribution in [0.15, 0.2) is 90.5 Å². The summed E-state index contributed by atoms with van der Waals surface area (Å²) in [6, 6.07) is 30.9. The predicted octanol–water partition coefficient (Wildman–Crippen LogP) is 4.95. The van der Waals surface area contributed by atoms with E-state index in [-0.39, 0.29) is 51.9 Å². The smallest absolute Gasteiger partial charge is 1.00 e. The van der Waals surface area contributed by atoms with Gasteiger partial charge < -0.3 is 34.8 Å². The normalized spacial score (nSPS) is 16.7. The minimum absolute atomic E-state index is 0. The summed E-state index contributed by atoms with van der Waals surface area (Å²) in [6.07, 6.45) is 13.5. The van der Waals surface area contributed by atoms with Gasteiger partial charge >= 0.3 is 21.7 Å². The van der Waals surface area contributed by atoms with Gasteiger partial charge in [-0.3, -0.25) is 0 Å². The zero-order valence-electron chi connectivity index (χ0n) is 28.4. The van der Waals surface area contributed by atoms with Gasteiger partial charge in [-0.25, -0.2) is 0 Å². The third kappa shape index (κ3) is 7.79. The summed E-state index contributed by atoms with van der Waals surface area (Å²) in [4.78, 5) is 2.59. The number of unbranched alkanes of at least 4 members (excludes halogenated alkanes) is 2. The van der Waals surface area contributed by atoms with E-state index >= 15 is 0 Å². The molecule has 1 fully saturated rings. The van der Waals surface area contributed by atoms with Crippen molar-refractivity contribution in [2.75, 3.05) is 13.1 Å². The van der Waals surface area contributed by atoms with E-state index in [4.69, 9.17) is 0 Å². The molecule has 3 aliphatic rings. The van der Waals surface area contributed by atoms with Crippen molar-refractivity contribution in [3.8, 4) is 28.0 Å². The molecule has 1 N–H and O–H groups in total. The van der Waals surface area contributed by atoms with Gasteiger partial charge in [0.1, 0.15) is 5.75 Å². The van der Waals surface area contributed by atoms with Crippen LogP contribution in [0.3, 0.4) is 0 Å². The zero-order valence-corrected chi connectivity index (χ0v) is 31.5. The van der Waals surface area contributed by atoms with Gasteiger partial charge in [0.2, 0.25) is 0 Å². The van der Waals surface area contributed by atoms with Crippen LogP contribution < -0.4 is 24.8 Å². The van der Waals surface area contributed by atoms with Crippen molar-refractivity contribution >= 4 is 0 Å². The van der Waals surface area contributed by atoms with E-state index in [2.05, 4.69) is 111 Å². The first-order chi connectivity index (χ1) is 21.5. The minimum Gasteiger partial charge on any atom is -1.00 e. The van der Waals surface area contributed by atoms with Crippen LogP contribution in [-0.2, 0) is 27.1 Å². The average Bonchev–Trinajstić information content (AvgIpc) is 3.75. The maximum absolute atomic E-state index is 10.5. The van der Waals surface area contributed by atoms with Gasteiger partial charge in [-0.15, -0.1) is 23.3 Å². The number of phenolic OH excluding ortho intramolecular Hbond substituents is 1. The number of nitrogens with zero attached hydrogens (tertiary/aromatic N) is 1. The number of likely N-dealkylation sites (tertiary alicyclic amines) is 1. The van der Waals surface area contributed by atoms with Crippen molar-refractivity contribution < 1.29 is 51.6 Å². The number of aryl methyl sites for hydroxylation is 1. The van der Waals surface area contributed by atoms with Crippen molar-refractivity contribution in [3.05, 3.63) is 124 Å². The molecule has 245 valence electrons. The fraction of sp³-hybridized carbons (Fsp3) is 0.381. The monoisotopic (exact) mass is 700 g/mol. The second kappa shape index (κ2) is 17.4. The van der Waals surface area contributed by atoms with E-state index in [1.54, 1.807) is 0 Å². The van der Waals surface area contributed by atoms with E-state index in [9.17, 15) is 5.11 Å². The van der Waals surface area contributed by atoms with Crippen LogP contribution in [0.25, 0.3) is 22.3 Å².